The third-order valence-electron chi connectivity index (χ3n) is 3.79. The fourth-order valence-corrected chi connectivity index (χ4v) is 2.36. The van der Waals surface area contributed by atoms with Crippen molar-refractivity contribution in [3.63, 3.8) is 0 Å². The van der Waals surface area contributed by atoms with E-state index in [1.54, 1.807) is 0 Å². The molecule has 0 aliphatic carbocycles. The van der Waals surface area contributed by atoms with E-state index in [2.05, 4.69) is 36.5 Å². The zero-order valence-corrected chi connectivity index (χ0v) is 18.9. The van der Waals surface area contributed by atoms with Crippen LogP contribution in [0.4, 0.5) is 0 Å². The summed E-state index contributed by atoms with van der Waals surface area (Å²) in [6.07, 6.45) is 22.1. The minimum absolute atomic E-state index is 0. The van der Waals surface area contributed by atoms with E-state index in [0.29, 0.717) is 6.42 Å². The number of amides is 1. The summed E-state index contributed by atoms with van der Waals surface area (Å²) in [5.74, 6) is -1.16. The van der Waals surface area contributed by atoms with Crippen LogP contribution in [0.25, 0.3) is 0 Å². The fraction of sp³-hybridized carbons (Fsp3) is 0.700. The SMILES string of the molecule is CCCCC/C=C\C/C=C\CCCCCCCC(=O)NCC(=O)O.[Zn]. The Hall–Kier alpha value is -0.957. The maximum atomic E-state index is 11.3. The zero-order valence-electron chi connectivity index (χ0n) is 16.0. The number of carboxylic acids is 1. The van der Waals surface area contributed by atoms with Crippen molar-refractivity contribution >= 4 is 11.9 Å². The summed E-state index contributed by atoms with van der Waals surface area (Å²) in [5, 5.41) is 10.8. The summed E-state index contributed by atoms with van der Waals surface area (Å²) in [7, 11) is 0. The van der Waals surface area contributed by atoms with Crippen LogP contribution >= 0.6 is 0 Å². The smallest absolute Gasteiger partial charge is 0.322 e. The van der Waals surface area contributed by atoms with Gasteiger partial charge in [0.1, 0.15) is 6.54 Å². The van der Waals surface area contributed by atoms with E-state index in [4.69, 9.17) is 5.11 Å². The van der Waals surface area contributed by atoms with Crippen LogP contribution in [-0.4, -0.2) is 23.5 Å². The Balaban J connectivity index is 0. The number of carbonyl (C=O) groups is 2. The molecule has 0 aliphatic rings. The van der Waals surface area contributed by atoms with Gasteiger partial charge in [-0.05, 0) is 38.5 Å². The Labute approximate surface area is 166 Å². The molecule has 0 rings (SSSR count). The topological polar surface area (TPSA) is 66.4 Å². The van der Waals surface area contributed by atoms with E-state index in [-0.39, 0.29) is 31.9 Å². The van der Waals surface area contributed by atoms with Crippen molar-refractivity contribution in [1.29, 1.82) is 0 Å². The molecule has 0 radical (unpaired) electrons. The fourth-order valence-electron chi connectivity index (χ4n) is 2.36. The van der Waals surface area contributed by atoms with Gasteiger partial charge in [-0.3, -0.25) is 9.59 Å². The molecule has 1 amide bonds. The number of nitrogens with one attached hydrogen (secondary N) is 1. The summed E-state index contributed by atoms with van der Waals surface area (Å²) >= 11 is 0. The van der Waals surface area contributed by atoms with Gasteiger partial charge >= 0.3 is 5.97 Å². The van der Waals surface area contributed by atoms with Gasteiger partial charge in [0.15, 0.2) is 0 Å². The quantitative estimate of drug-likeness (QED) is 0.217. The molecule has 0 aromatic carbocycles. The molecule has 0 spiro atoms. The second-order valence-electron chi connectivity index (χ2n) is 6.15. The third kappa shape index (κ3) is 23.0. The molecule has 2 N–H and O–H groups in total. The molecule has 0 aromatic heterocycles. The van der Waals surface area contributed by atoms with Gasteiger partial charge in [0.05, 0.1) is 0 Å². The molecule has 0 saturated heterocycles. The van der Waals surface area contributed by atoms with Crippen molar-refractivity contribution in [3.05, 3.63) is 24.3 Å². The number of carbonyl (C=O) groups excluding carboxylic acids is 1. The van der Waals surface area contributed by atoms with Gasteiger partial charge < -0.3 is 10.4 Å². The van der Waals surface area contributed by atoms with Crippen molar-refractivity contribution in [2.75, 3.05) is 6.54 Å². The molecule has 25 heavy (non-hydrogen) atoms. The average molecular weight is 403 g/mol. The number of carboxylic acid groups (broad SMARTS) is 1. The molecule has 0 unspecified atom stereocenters. The van der Waals surface area contributed by atoms with Gasteiger partial charge in [-0.15, -0.1) is 0 Å². The van der Waals surface area contributed by atoms with Crippen LogP contribution in [0.5, 0.6) is 0 Å². The number of aliphatic carboxylic acids is 1. The molecule has 0 aliphatic heterocycles. The summed E-state index contributed by atoms with van der Waals surface area (Å²) in [5.41, 5.74) is 0. The third-order valence-corrected chi connectivity index (χ3v) is 3.79. The van der Waals surface area contributed by atoms with Crippen LogP contribution in [0.15, 0.2) is 24.3 Å². The van der Waals surface area contributed by atoms with E-state index in [0.717, 1.165) is 32.1 Å². The van der Waals surface area contributed by atoms with E-state index in [9.17, 15) is 9.59 Å². The van der Waals surface area contributed by atoms with E-state index >= 15 is 0 Å². The molecule has 0 fully saturated rings. The number of hydrogen-bond donors (Lipinski definition) is 2. The summed E-state index contributed by atoms with van der Waals surface area (Å²) < 4.78 is 0. The first-order valence-electron chi connectivity index (χ1n) is 9.45. The molecule has 5 heteroatoms. The molecule has 0 saturated carbocycles. The number of unbranched alkanes of at least 4 members (excludes halogenated alkanes) is 8. The Morgan fingerprint density at radius 2 is 1.40 bits per heavy atom. The maximum Gasteiger partial charge on any atom is 0.322 e. The average Bonchev–Trinajstić information content (AvgIpc) is 2.56. The minimum Gasteiger partial charge on any atom is -0.480 e. The summed E-state index contributed by atoms with van der Waals surface area (Å²) in [6, 6.07) is 0. The normalized spacial score (nSPS) is 10.9. The second kappa shape index (κ2) is 21.1. The Morgan fingerprint density at radius 3 is 2.00 bits per heavy atom. The van der Waals surface area contributed by atoms with Crippen molar-refractivity contribution in [2.45, 2.75) is 84.0 Å². The first-order valence-corrected chi connectivity index (χ1v) is 9.45. The number of rotatable bonds is 16. The predicted molar refractivity (Wildman–Crippen MR) is 100 cm³/mol. The monoisotopic (exact) mass is 401 g/mol. The van der Waals surface area contributed by atoms with Crippen LogP contribution in [0.1, 0.15) is 84.0 Å². The van der Waals surface area contributed by atoms with Crippen LogP contribution in [-0.2, 0) is 29.1 Å². The van der Waals surface area contributed by atoms with E-state index < -0.39 is 5.97 Å². The Kier molecular flexibility index (Phi) is 22.2. The van der Waals surface area contributed by atoms with Crippen molar-refractivity contribution in [2.24, 2.45) is 0 Å². The van der Waals surface area contributed by atoms with Gasteiger partial charge in [-0.2, -0.15) is 0 Å². The number of allylic oxidation sites excluding steroid dienone is 4. The molecular formula is C20H35NO3Zn. The van der Waals surface area contributed by atoms with Gasteiger partial charge in [0, 0.05) is 25.9 Å². The van der Waals surface area contributed by atoms with Gasteiger partial charge in [0.25, 0.3) is 0 Å². The molecule has 0 aromatic rings. The minimum atomic E-state index is -0.997. The van der Waals surface area contributed by atoms with Crippen LogP contribution in [0, 0.1) is 0 Å². The largest absolute Gasteiger partial charge is 0.480 e. The Morgan fingerprint density at radius 1 is 0.840 bits per heavy atom. The van der Waals surface area contributed by atoms with Gasteiger partial charge in [0.2, 0.25) is 5.91 Å². The maximum absolute atomic E-state index is 11.3. The predicted octanol–water partition coefficient (Wildman–Crippen LogP) is 5.00. The first-order chi connectivity index (χ1) is 11.7. The van der Waals surface area contributed by atoms with Crippen molar-refractivity contribution < 1.29 is 34.2 Å². The summed E-state index contributed by atoms with van der Waals surface area (Å²) in [6.45, 7) is 1.95. The molecule has 4 nitrogen and oxygen atoms in total. The van der Waals surface area contributed by atoms with Crippen LogP contribution < -0.4 is 5.32 Å². The van der Waals surface area contributed by atoms with Crippen LogP contribution in [0.3, 0.4) is 0 Å². The zero-order chi connectivity index (χ0) is 17.9. The van der Waals surface area contributed by atoms with Gasteiger partial charge in [-0.1, -0.05) is 63.3 Å². The van der Waals surface area contributed by atoms with Gasteiger partial charge in [-0.25, -0.2) is 0 Å². The van der Waals surface area contributed by atoms with E-state index in [1.807, 2.05) is 0 Å². The van der Waals surface area contributed by atoms with Crippen molar-refractivity contribution in [1.82, 2.24) is 5.32 Å². The standard InChI is InChI=1S/C20H35NO3.Zn/c1-2-3-4-5-6-7-8-9-10-11-12-13-14-15-16-17-19(22)21-18-20(23)24;/h6-7,9-10H,2-5,8,11-18H2,1H3,(H,21,22)(H,23,24);/b7-6-,10-9-;. The van der Waals surface area contributed by atoms with E-state index in [1.165, 1.54) is 38.5 Å². The van der Waals surface area contributed by atoms with Crippen molar-refractivity contribution in [3.8, 4) is 0 Å². The molecule has 0 atom stereocenters. The molecule has 140 valence electrons. The first kappa shape index (κ1) is 26.3. The molecule has 0 bridgehead atoms. The summed E-state index contributed by atoms with van der Waals surface area (Å²) in [4.78, 5) is 21.6. The Bertz CT molecular complexity index is 381. The molecule has 0 heterocycles. The number of hydrogen-bond acceptors (Lipinski definition) is 2. The van der Waals surface area contributed by atoms with Crippen LogP contribution in [0.2, 0.25) is 0 Å². The molecular weight excluding hydrogens is 368 g/mol. The second-order valence-corrected chi connectivity index (χ2v) is 6.15.